The molecule has 0 saturated heterocycles. The fourth-order valence-corrected chi connectivity index (χ4v) is 5.39. The topological polar surface area (TPSA) is 102 Å². The quantitative estimate of drug-likeness (QED) is 0.817. The maximum atomic E-state index is 12.8. The minimum absolute atomic E-state index is 0.0905. The molecule has 1 aromatic heterocycles. The molecule has 2 aromatic rings. The summed E-state index contributed by atoms with van der Waals surface area (Å²) in [6.07, 6.45) is 7.25. The van der Waals surface area contributed by atoms with Crippen LogP contribution in [0, 0.1) is 5.41 Å². The van der Waals surface area contributed by atoms with Crippen molar-refractivity contribution in [3.63, 3.8) is 0 Å². The molecule has 8 nitrogen and oxygen atoms in total. The van der Waals surface area contributed by atoms with Gasteiger partial charge in [-0.15, -0.1) is 0 Å². The van der Waals surface area contributed by atoms with Gasteiger partial charge in [0, 0.05) is 11.1 Å². The van der Waals surface area contributed by atoms with Gasteiger partial charge in [0.1, 0.15) is 0 Å². The third kappa shape index (κ3) is 2.32. The Kier molecular flexibility index (Phi) is 3.10. The van der Waals surface area contributed by atoms with E-state index in [9.17, 15) is 13.2 Å². The SMILES string of the molecule is O=C(Nc1c2c(cc3c1CC3)CC2)NS(=O)(=O)c1cnn2c1OCC1(CC1)C2. The number of hydrogen-bond acceptors (Lipinski definition) is 5. The van der Waals surface area contributed by atoms with Crippen molar-refractivity contribution in [1.29, 1.82) is 0 Å². The normalized spacial score (nSPS) is 20.0. The van der Waals surface area contributed by atoms with E-state index in [2.05, 4.69) is 21.2 Å². The molecule has 28 heavy (non-hydrogen) atoms. The molecule has 9 heteroatoms. The lowest BCUT2D eigenvalue weighted by Crippen LogP contribution is -2.36. The van der Waals surface area contributed by atoms with Crippen LogP contribution in [0.15, 0.2) is 17.2 Å². The Morgan fingerprint density at radius 2 is 1.86 bits per heavy atom. The first-order valence-electron chi connectivity index (χ1n) is 9.63. The average Bonchev–Trinajstić information content (AvgIpc) is 3.17. The van der Waals surface area contributed by atoms with E-state index in [1.165, 1.54) is 17.3 Å². The first-order valence-corrected chi connectivity index (χ1v) is 11.1. The number of benzene rings is 1. The second kappa shape index (κ2) is 5.28. The highest BCUT2D eigenvalue weighted by Gasteiger charge is 2.48. The molecule has 1 spiro atoms. The van der Waals surface area contributed by atoms with Crippen LogP contribution < -0.4 is 14.8 Å². The molecule has 4 aliphatic rings. The lowest BCUT2D eigenvalue weighted by atomic mass is 9.76. The zero-order valence-electron chi connectivity index (χ0n) is 15.2. The van der Waals surface area contributed by atoms with E-state index < -0.39 is 16.1 Å². The van der Waals surface area contributed by atoms with Gasteiger partial charge in [-0.3, -0.25) is 0 Å². The highest BCUT2D eigenvalue weighted by atomic mass is 32.2. The van der Waals surface area contributed by atoms with E-state index in [1.54, 1.807) is 4.68 Å². The Morgan fingerprint density at radius 3 is 2.46 bits per heavy atom. The number of carbonyl (C=O) groups excluding carboxylic acids is 1. The number of anilines is 1. The number of fused-ring (bicyclic) bond motifs is 3. The van der Waals surface area contributed by atoms with Crippen LogP contribution in [-0.4, -0.2) is 30.8 Å². The van der Waals surface area contributed by atoms with Gasteiger partial charge < -0.3 is 10.1 Å². The molecule has 2 amide bonds. The molecule has 0 bridgehead atoms. The molecule has 3 aliphatic carbocycles. The Hall–Kier alpha value is -2.55. The monoisotopic (exact) mass is 400 g/mol. The van der Waals surface area contributed by atoms with Gasteiger partial charge >= 0.3 is 6.03 Å². The summed E-state index contributed by atoms with van der Waals surface area (Å²) in [7, 11) is -4.07. The molecule has 0 unspecified atom stereocenters. The van der Waals surface area contributed by atoms with Crippen molar-refractivity contribution in [2.75, 3.05) is 11.9 Å². The Morgan fingerprint density at radius 1 is 1.14 bits per heavy atom. The van der Waals surface area contributed by atoms with Crippen LogP contribution in [0.2, 0.25) is 0 Å². The predicted octanol–water partition coefficient (Wildman–Crippen LogP) is 1.76. The molecule has 6 rings (SSSR count). The Bertz CT molecular complexity index is 1120. The largest absolute Gasteiger partial charge is 0.476 e. The number of carbonyl (C=O) groups is 1. The minimum Gasteiger partial charge on any atom is -0.476 e. The lowest BCUT2D eigenvalue weighted by molar-refractivity contribution is 0.144. The summed E-state index contributed by atoms with van der Waals surface area (Å²) < 4.78 is 34.9. The molecular formula is C19H20N4O4S. The number of aromatic nitrogens is 2. The van der Waals surface area contributed by atoms with Crippen LogP contribution in [0.1, 0.15) is 35.1 Å². The number of rotatable bonds is 3. The van der Waals surface area contributed by atoms with E-state index in [1.807, 2.05) is 0 Å². The van der Waals surface area contributed by atoms with E-state index in [4.69, 9.17) is 4.74 Å². The fourth-order valence-electron chi connectivity index (χ4n) is 4.40. The molecule has 1 saturated carbocycles. The van der Waals surface area contributed by atoms with Crippen molar-refractivity contribution in [2.45, 2.75) is 50.0 Å². The van der Waals surface area contributed by atoms with Gasteiger partial charge in [0.05, 0.1) is 19.3 Å². The summed E-state index contributed by atoms with van der Waals surface area (Å²) in [5, 5.41) is 6.95. The van der Waals surface area contributed by atoms with Gasteiger partial charge in [-0.2, -0.15) is 5.10 Å². The number of sulfonamides is 1. The van der Waals surface area contributed by atoms with Gasteiger partial charge in [0.15, 0.2) is 4.90 Å². The summed E-state index contributed by atoms with van der Waals surface area (Å²) in [5.74, 6) is 0.214. The first-order chi connectivity index (χ1) is 13.4. The van der Waals surface area contributed by atoms with Gasteiger partial charge in [-0.1, -0.05) is 6.07 Å². The number of ether oxygens (including phenoxy) is 1. The number of hydrogen-bond donors (Lipinski definition) is 2. The van der Waals surface area contributed by atoms with Gasteiger partial charge in [-0.25, -0.2) is 22.6 Å². The fraction of sp³-hybridized carbons (Fsp3) is 0.474. The molecule has 0 atom stereocenters. The third-order valence-corrected chi connectivity index (χ3v) is 7.80. The molecular weight excluding hydrogens is 380 g/mol. The highest BCUT2D eigenvalue weighted by molar-refractivity contribution is 7.90. The Balaban J connectivity index is 1.24. The van der Waals surface area contributed by atoms with Crippen molar-refractivity contribution in [3.05, 3.63) is 34.5 Å². The summed E-state index contributed by atoms with van der Waals surface area (Å²) in [6.45, 7) is 1.15. The Labute approximate surface area is 162 Å². The van der Waals surface area contributed by atoms with Crippen molar-refractivity contribution < 1.29 is 17.9 Å². The lowest BCUT2D eigenvalue weighted by Gasteiger charge is -2.32. The van der Waals surface area contributed by atoms with Gasteiger partial charge in [0.25, 0.3) is 10.0 Å². The van der Waals surface area contributed by atoms with Crippen LogP contribution in [0.5, 0.6) is 5.88 Å². The van der Waals surface area contributed by atoms with E-state index in [0.717, 1.165) is 55.3 Å². The molecule has 1 aliphatic heterocycles. The summed E-state index contributed by atoms with van der Waals surface area (Å²) in [4.78, 5) is 12.4. The standard InChI is InChI=1S/C19H20N4O4S/c24-18(21-16-13-3-1-11(13)7-12-2-4-14(12)16)22-28(25,26)15-8-20-23-9-19(5-6-19)10-27-17(15)23/h7-8H,1-6,9-10H2,(H2,21,22,24). The van der Waals surface area contributed by atoms with Gasteiger partial charge in [0.2, 0.25) is 5.88 Å². The zero-order valence-corrected chi connectivity index (χ0v) is 16.1. The maximum Gasteiger partial charge on any atom is 0.333 e. The molecule has 0 radical (unpaired) electrons. The van der Waals surface area contributed by atoms with Crippen LogP contribution in [-0.2, 0) is 42.3 Å². The molecule has 146 valence electrons. The van der Waals surface area contributed by atoms with E-state index in [0.29, 0.717) is 13.2 Å². The second-order valence-corrected chi connectivity index (χ2v) is 10.00. The number of nitrogens with one attached hydrogen (secondary N) is 2. The summed E-state index contributed by atoms with van der Waals surface area (Å²) in [5.41, 5.74) is 5.68. The van der Waals surface area contributed by atoms with Crippen LogP contribution in [0.25, 0.3) is 0 Å². The molecule has 1 fully saturated rings. The molecule has 2 N–H and O–H groups in total. The molecule has 2 heterocycles. The third-order valence-electron chi connectivity index (χ3n) is 6.49. The maximum absolute atomic E-state index is 12.8. The second-order valence-electron chi connectivity index (χ2n) is 8.35. The van der Waals surface area contributed by atoms with Crippen molar-refractivity contribution in [2.24, 2.45) is 5.41 Å². The predicted molar refractivity (Wildman–Crippen MR) is 100.0 cm³/mol. The smallest absolute Gasteiger partial charge is 0.333 e. The van der Waals surface area contributed by atoms with Crippen LogP contribution >= 0.6 is 0 Å². The first kappa shape index (κ1) is 16.4. The number of nitrogens with zero attached hydrogens (tertiary/aromatic N) is 2. The minimum atomic E-state index is -4.07. The summed E-state index contributed by atoms with van der Waals surface area (Å²) >= 11 is 0. The number of aryl methyl sites for hydroxylation is 2. The number of urea groups is 1. The van der Waals surface area contributed by atoms with Gasteiger partial charge in [-0.05, 0) is 60.8 Å². The van der Waals surface area contributed by atoms with Crippen molar-refractivity contribution in [1.82, 2.24) is 14.5 Å². The molecule has 1 aromatic carbocycles. The highest BCUT2D eigenvalue weighted by Crippen LogP contribution is 2.50. The van der Waals surface area contributed by atoms with E-state index >= 15 is 0 Å². The number of amides is 2. The van der Waals surface area contributed by atoms with Crippen molar-refractivity contribution >= 4 is 21.7 Å². The summed E-state index contributed by atoms with van der Waals surface area (Å²) in [6, 6.07) is 1.46. The average molecular weight is 400 g/mol. The van der Waals surface area contributed by atoms with Crippen LogP contribution in [0.4, 0.5) is 10.5 Å². The van der Waals surface area contributed by atoms with E-state index in [-0.39, 0.29) is 16.2 Å². The van der Waals surface area contributed by atoms with Crippen LogP contribution in [0.3, 0.4) is 0 Å². The van der Waals surface area contributed by atoms with Crippen molar-refractivity contribution in [3.8, 4) is 5.88 Å². The zero-order chi connectivity index (χ0) is 19.1.